The number of carboxylic acids is 1. The lowest BCUT2D eigenvalue weighted by atomic mass is 9.85. The van der Waals surface area contributed by atoms with E-state index in [9.17, 15) is 4.79 Å². The van der Waals surface area contributed by atoms with Crippen molar-refractivity contribution < 1.29 is 14.6 Å². The summed E-state index contributed by atoms with van der Waals surface area (Å²) in [4.78, 5) is 10.9. The number of rotatable bonds is 6. The van der Waals surface area contributed by atoms with Gasteiger partial charge in [-0.3, -0.25) is 4.79 Å². The van der Waals surface area contributed by atoms with E-state index in [4.69, 9.17) is 9.84 Å². The topological polar surface area (TPSA) is 58.6 Å². The molecule has 1 unspecified atom stereocenters. The largest absolute Gasteiger partial charge is 0.496 e. The summed E-state index contributed by atoms with van der Waals surface area (Å²) in [6.07, 6.45) is 0.731. The molecule has 0 saturated heterocycles. The Hall–Kier alpha value is -1.55. The van der Waals surface area contributed by atoms with Crippen LogP contribution in [0.25, 0.3) is 0 Å². The molecule has 0 aliphatic heterocycles. The van der Waals surface area contributed by atoms with Gasteiger partial charge in [-0.25, -0.2) is 0 Å². The van der Waals surface area contributed by atoms with Crippen LogP contribution in [0.5, 0.6) is 5.75 Å². The second-order valence-corrected chi connectivity index (χ2v) is 6.06. The SMILES string of the molecule is CNC(CC(=O)O)Cc1cc(C(C)(C)C)ccc1OC. The maximum atomic E-state index is 10.9. The van der Waals surface area contributed by atoms with Gasteiger partial charge < -0.3 is 15.2 Å². The van der Waals surface area contributed by atoms with Crippen LogP contribution in [0.4, 0.5) is 0 Å². The summed E-state index contributed by atoms with van der Waals surface area (Å²) in [5, 5.41) is 12.0. The van der Waals surface area contributed by atoms with Gasteiger partial charge in [-0.15, -0.1) is 0 Å². The van der Waals surface area contributed by atoms with Gasteiger partial charge in [-0.2, -0.15) is 0 Å². The standard InChI is InChI=1S/C16H25NO3/c1-16(2,3)12-6-7-14(20-5)11(8-12)9-13(17-4)10-15(18)19/h6-8,13,17H,9-10H2,1-5H3,(H,18,19). The molecule has 20 heavy (non-hydrogen) atoms. The zero-order valence-corrected chi connectivity index (χ0v) is 13.0. The lowest BCUT2D eigenvalue weighted by Gasteiger charge is -2.22. The molecule has 0 aliphatic rings. The summed E-state index contributed by atoms with van der Waals surface area (Å²) in [6.45, 7) is 6.47. The third-order valence-corrected chi connectivity index (χ3v) is 3.44. The lowest BCUT2D eigenvalue weighted by molar-refractivity contribution is -0.137. The number of methoxy groups -OCH3 is 1. The average Bonchev–Trinajstić information content (AvgIpc) is 2.36. The molecule has 1 aromatic rings. The zero-order valence-electron chi connectivity index (χ0n) is 13.0. The fraction of sp³-hybridized carbons (Fsp3) is 0.562. The minimum absolute atomic E-state index is 0.0585. The Balaban J connectivity index is 3.04. The molecule has 0 heterocycles. The first-order chi connectivity index (χ1) is 9.27. The Morgan fingerprint density at radius 2 is 2.05 bits per heavy atom. The minimum Gasteiger partial charge on any atom is -0.496 e. The van der Waals surface area contributed by atoms with Gasteiger partial charge in [0.2, 0.25) is 0 Å². The third-order valence-electron chi connectivity index (χ3n) is 3.44. The summed E-state index contributed by atoms with van der Waals surface area (Å²) < 4.78 is 5.39. The number of benzene rings is 1. The third kappa shape index (κ3) is 4.53. The van der Waals surface area contributed by atoms with Crippen LogP contribution in [0.15, 0.2) is 18.2 Å². The van der Waals surface area contributed by atoms with Crippen molar-refractivity contribution in [3.8, 4) is 5.75 Å². The number of hydrogen-bond acceptors (Lipinski definition) is 3. The molecule has 2 N–H and O–H groups in total. The van der Waals surface area contributed by atoms with Gasteiger partial charge in [0.1, 0.15) is 5.75 Å². The van der Waals surface area contributed by atoms with Gasteiger partial charge in [0.15, 0.2) is 0 Å². The molecule has 0 aliphatic carbocycles. The van der Waals surface area contributed by atoms with E-state index >= 15 is 0 Å². The molecule has 4 nitrogen and oxygen atoms in total. The molecule has 0 aromatic heterocycles. The van der Waals surface area contributed by atoms with Crippen LogP contribution < -0.4 is 10.1 Å². The predicted octanol–water partition coefficient (Wildman–Crippen LogP) is 2.60. The van der Waals surface area contributed by atoms with Crippen LogP contribution in [-0.4, -0.2) is 31.3 Å². The quantitative estimate of drug-likeness (QED) is 0.840. The molecule has 0 spiro atoms. The summed E-state index contributed by atoms with van der Waals surface area (Å²) in [5.41, 5.74) is 2.32. The first-order valence-corrected chi connectivity index (χ1v) is 6.84. The monoisotopic (exact) mass is 279 g/mol. The molecule has 1 aromatic carbocycles. The molecule has 1 rings (SSSR count). The molecule has 112 valence electrons. The predicted molar refractivity (Wildman–Crippen MR) is 80.5 cm³/mol. The number of carbonyl (C=O) groups is 1. The Morgan fingerprint density at radius 3 is 2.50 bits per heavy atom. The Kier molecular flexibility index (Phi) is 5.57. The van der Waals surface area contributed by atoms with Crippen LogP contribution >= 0.6 is 0 Å². The van der Waals surface area contributed by atoms with Gasteiger partial charge in [-0.1, -0.05) is 32.9 Å². The van der Waals surface area contributed by atoms with E-state index in [1.807, 2.05) is 6.07 Å². The number of aliphatic carboxylic acids is 1. The van der Waals surface area contributed by atoms with Crippen molar-refractivity contribution in [2.75, 3.05) is 14.2 Å². The molecule has 4 heteroatoms. The maximum Gasteiger partial charge on any atom is 0.304 e. The number of nitrogens with one attached hydrogen (secondary N) is 1. The van der Waals surface area contributed by atoms with Crippen molar-refractivity contribution in [3.63, 3.8) is 0 Å². The Labute approximate surface area is 121 Å². The summed E-state index contributed by atoms with van der Waals surface area (Å²) in [7, 11) is 3.43. The van der Waals surface area contributed by atoms with E-state index in [0.717, 1.165) is 11.3 Å². The number of hydrogen-bond donors (Lipinski definition) is 2. The highest BCUT2D eigenvalue weighted by Crippen LogP contribution is 2.28. The number of likely N-dealkylation sites (N-methyl/N-ethyl adjacent to an activating group) is 1. The van der Waals surface area contributed by atoms with Gasteiger partial charge >= 0.3 is 5.97 Å². The normalized spacial score (nSPS) is 13.1. The average molecular weight is 279 g/mol. The minimum atomic E-state index is -0.796. The molecule has 0 fully saturated rings. The van der Waals surface area contributed by atoms with Crippen LogP contribution in [0.1, 0.15) is 38.3 Å². The fourth-order valence-corrected chi connectivity index (χ4v) is 2.16. The van der Waals surface area contributed by atoms with Crippen molar-refractivity contribution in [2.45, 2.75) is 45.1 Å². The van der Waals surface area contributed by atoms with Crippen molar-refractivity contribution in [1.82, 2.24) is 5.32 Å². The van der Waals surface area contributed by atoms with E-state index in [0.29, 0.717) is 6.42 Å². The Morgan fingerprint density at radius 1 is 1.40 bits per heavy atom. The van der Waals surface area contributed by atoms with Crippen molar-refractivity contribution in [3.05, 3.63) is 29.3 Å². The highest BCUT2D eigenvalue weighted by Gasteiger charge is 2.18. The number of ether oxygens (including phenoxy) is 1. The molecule has 0 bridgehead atoms. The van der Waals surface area contributed by atoms with Gasteiger partial charge in [0.25, 0.3) is 0 Å². The fourth-order valence-electron chi connectivity index (χ4n) is 2.16. The second-order valence-electron chi connectivity index (χ2n) is 6.06. The van der Waals surface area contributed by atoms with Crippen LogP contribution in [0, 0.1) is 0 Å². The molecule has 0 radical (unpaired) electrons. The smallest absolute Gasteiger partial charge is 0.304 e. The van der Waals surface area contributed by atoms with Gasteiger partial charge in [-0.05, 0) is 36.1 Å². The molecule has 1 atom stereocenters. The number of carboxylic acid groups (broad SMARTS) is 1. The first kappa shape index (κ1) is 16.5. The van der Waals surface area contributed by atoms with Crippen LogP contribution in [-0.2, 0) is 16.6 Å². The second kappa shape index (κ2) is 6.75. The van der Waals surface area contributed by atoms with Crippen LogP contribution in [0.3, 0.4) is 0 Å². The molecular formula is C16H25NO3. The molecule has 0 saturated carbocycles. The van der Waals surface area contributed by atoms with Gasteiger partial charge in [0.05, 0.1) is 13.5 Å². The van der Waals surface area contributed by atoms with Crippen molar-refractivity contribution >= 4 is 5.97 Å². The van der Waals surface area contributed by atoms with E-state index in [1.165, 1.54) is 5.56 Å². The van der Waals surface area contributed by atoms with E-state index in [-0.39, 0.29) is 17.9 Å². The molecule has 0 amide bonds. The van der Waals surface area contributed by atoms with Crippen LogP contribution in [0.2, 0.25) is 0 Å². The first-order valence-electron chi connectivity index (χ1n) is 6.84. The summed E-state index contributed by atoms with van der Waals surface area (Å²) in [5.74, 6) is 0.0129. The van der Waals surface area contributed by atoms with E-state index in [2.05, 4.69) is 38.2 Å². The van der Waals surface area contributed by atoms with Crippen molar-refractivity contribution in [1.29, 1.82) is 0 Å². The van der Waals surface area contributed by atoms with E-state index < -0.39 is 5.97 Å². The molecular weight excluding hydrogens is 254 g/mol. The van der Waals surface area contributed by atoms with E-state index in [1.54, 1.807) is 14.2 Å². The Bertz CT molecular complexity index is 463. The highest BCUT2D eigenvalue weighted by molar-refractivity contribution is 5.67. The summed E-state index contributed by atoms with van der Waals surface area (Å²) >= 11 is 0. The van der Waals surface area contributed by atoms with Gasteiger partial charge in [0, 0.05) is 6.04 Å². The lowest BCUT2D eigenvalue weighted by Crippen LogP contribution is -2.30. The maximum absolute atomic E-state index is 10.9. The summed E-state index contributed by atoms with van der Waals surface area (Å²) in [6, 6.07) is 6.04. The zero-order chi connectivity index (χ0) is 15.3. The highest BCUT2D eigenvalue weighted by atomic mass is 16.5. The van der Waals surface area contributed by atoms with Crippen molar-refractivity contribution in [2.24, 2.45) is 0 Å².